The number of ketones is 1. The number of fused-ring (bicyclic) bond motifs is 1. The van der Waals surface area contributed by atoms with E-state index in [2.05, 4.69) is 29.2 Å². The first-order chi connectivity index (χ1) is 16.5. The van der Waals surface area contributed by atoms with Crippen molar-refractivity contribution in [3.63, 3.8) is 0 Å². The second kappa shape index (κ2) is 11.9. The van der Waals surface area contributed by atoms with Crippen LogP contribution in [0.2, 0.25) is 0 Å². The van der Waals surface area contributed by atoms with Crippen LogP contribution in [0.25, 0.3) is 10.8 Å². The molecule has 0 bridgehead atoms. The van der Waals surface area contributed by atoms with Gasteiger partial charge in [0.05, 0.1) is 14.2 Å². The lowest BCUT2D eigenvalue weighted by Gasteiger charge is -2.30. The SMILES string of the molecule is COc1cccc(C(c2cccc(OC)c2)[C@@H](CN(C)C)C(=O)c2ccc3ccccc3c2)c1.Cl. The number of nitrogens with zero attached hydrogens (tertiary/aromatic N) is 1. The molecule has 0 aliphatic heterocycles. The van der Waals surface area contributed by atoms with E-state index in [1.165, 1.54) is 0 Å². The average Bonchev–Trinajstić information content (AvgIpc) is 2.87. The zero-order chi connectivity index (χ0) is 24.1. The molecule has 0 aliphatic rings. The van der Waals surface area contributed by atoms with Crippen LogP contribution in [0, 0.1) is 5.92 Å². The van der Waals surface area contributed by atoms with Crippen molar-refractivity contribution in [2.24, 2.45) is 5.92 Å². The lowest BCUT2D eigenvalue weighted by Crippen LogP contribution is -2.33. The van der Waals surface area contributed by atoms with Crippen LogP contribution in [0.15, 0.2) is 91.0 Å². The van der Waals surface area contributed by atoms with E-state index >= 15 is 0 Å². The molecule has 4 aromatic carbocycles. The summed E-state index contributed by atoms with van der Waals surface area (Å²) >= 11 is 0. The van der Waals surface area contributed by atoms with E-state index in [4.69, 9.17) is 9.47 Å². The highest BCUT2D eigenvalue weighted by Gasteiger charge is 2.32. The fraction of sp³-hybridized carbons (Fsp3) is 0.233. The smallest absolute Gasteiger partial charge is 0.168 e. The molecule has 1 atom stereocenters. The minimum Gasteiger partial charge on any atom is -0.497 e. The molecule has 0 saturated heterocycles. The summed E-state index contributed by atoms with van der Waals surface area (Å²) in [6, 6.07) is 30.1. The number of halogens is 1. The van der Waals surface area contributed by atoms with Crippen LogP contribution in [0.1, 0.15) is 27.4 Å². The van der Waals surface area contributed by atoms with Crippen molar-refractivity contribution in [3.05, 3.63) is 108 Å². The number of carbonyl (C=O) groups is 1. The molecule has 4 rings (SSSR count). The predicted molar refractivity (Wildman–Crippen MR) is 145 cm³/mol. The van der Waals surface area contributed by atoms with Gasteiger partial charge in [-0.15, -0.1) is 12.4 Å². The van der Waals surface area contributed by atoms with Crippen molar-refractivity contribution >= 4 is 29.0 Å². The van der Waals surface area contributed by atoms with Gasteiger partial charge in [0.25, 0.3) is 0 Å². The number of ether oxygens (including phenoxy) is 2. The largest absolute Gasteiger partial charge is 0.497 e. The molecule has 35 heavy (non-hydrogen) atoms. The van der Waals surface area contributed by atoms with Crippen LogP contribution in [0.5, 0.6) is 11.5 Å². The summed E-state index contributed by atoms with van der Waals surface area (Å²) in [5.41, 5.74) is 2.79. The summed E-state index contributed by atoms with van der Waals surface area (Å²) in [5, 5.41) is 2.19. The maximum absolute atomic E-state index is 14.1. The Kier molecular flexibility index (Phi) is 8.91. The summed E-state index contributed by atoms with van der Waals surface area (Å²) in [7, 11) is 7.35. The highest BCUT2D eigenvalue weighted by molar-refractivity contribution is 6.02. The van der Waals surface area contributed by atoms with E-state index in [-0.39, 0.29) is 30.0 Å². The maximum Gasteiger partial charge on any atom is 0.168 e. The number of methoxy groups -OCH3 is 2. The minimum atomic E-state index is -0.310. The zero-order valence-electron chi connectivity index (χ0n) is 20.6. The lowest BCUT2D eigenvalue weighted by atomic mass is 9.76. The Morgan fingerprint density at radius 2 is 1.31 bits per heavy atom. The first-order valence-electron chi connectivity index (χ1n) is 11.5. The standard InChI is InChI=1S/C30H31NO3.ClH/c1-31(2)20-28(30(32)25-16-15-21-9-5-6-10-22(21)17-25)29(23-11-7-13-26(18-23)33-3)24-12-8-14-27(19-24)34-4;/h5-19,28-29H,20H2,1-4H3;1H/t28-;/m1./s1. The quantitative estimate of drug-likeness (QED) is 0.252. The molecule has 4 aromatic rings. The minimum absolute atomic E-state index is 0. The maximum atomic E-state index is 14.1. The van der Waals surface area contributed by atoms with E-state index in [0.29, 0.717) is 6.54 Å². The Hall–Kier alpha value is -3.34. The van der Waals surface area contributed by atoms with Gasteiger partial charge in [0.1, 0.15) is 11.5 Å². The number of hydrogen-bond acceptors (Lipinski definition) is 4. The molecule has 0 fully saturated rings. The van der Waals surface area contributed by atoms with Gasteiger partial charge in [-0.1, -0.05) is 60.7 Å². The normalized spacial score (nSPS) is 11.8. The molecular weight excluding hydrogens is 458 g/mol. The third kappa shape index (κ3) is 6.02. The highest BCUT2D eigenvalue weighted by Crippen LogP contribution is 2.37. The van der Waals surface area contributed by atoms with Gasteiger partial charge in [0.2, 0.25) is 0 Å². The predicted octanol–water partition coefficient (Wildman–Crippen LogP) is 6.47. The molecular formula is C30H32ClNO3. The van der Waals surface area contributed by atoms with Gasteiger partial charge >= 0.3 is 0 Å². The molecule has 0 aromatic heterocycles. The van der Waals surface area contributed by atoms with Crippen LogP contribution in [-0.4, -0.2) is 45.5 Å². The molecule has 0 unspecified atom stereocenters. The Morgan fingerprint density at radius 3 is 1.86 bits per heavy atom. The van der Waals surface area contributed by atoms with Gasteiger partial charge < -0.3 is 14.4 Å². The molecule has 0 radical (unpaired) electrons. The summed E-state index contributed by atoms with van der Waals surface area (Å²) in [4.78, 5) is 16.2. The van der Waals surface area contributed by atoms with Crippen molar-refractivity contribution in [2.75, 3.05) is 34.9 Å². The van der Waals surface area contributed by atoms with Crippen molar-refractivity contribution in [1.82, 2.24) is 4.90 Å². The lowest BCUT2D eigenvalue weighted by molar-refractivity contribution is 0.0883. The fourth-order valence-corrected chi connectivity index (χ4v) is 4.62. The number of carbonyl (C=O) groups excluding carboxylic acids is 1. The molecule has 0 N–H and O–H groups in total. The summed E-state index contributed by atoms with van der Waals surface area (Å²) in [6.45, 7) is 0.602. The average molecular weight is 490 g/mol. The van der Waals surface area contributed by atoms with Crippen LogP contribution in [0.3, 0.4) is 0 Å². The van der Waals surface area contributed by atoms with Gasteiger partial charge in [0, 0.05) is 23.9 Å². The molecule has 0 heterocycles. The Balaban J connectivity index is 0.00000342. The summed E-state index contributed by atoms with van der Waals surface area (Å²) < 4.78 is 11.0. The molecule has 5 heteroatoms. The van der Waals surface area contributed by atoms with E-state index in [1.54, 1.807) is 14.2 Å². The Bertz CT molecular complexity index is 1240. The van der Waals surface area contributed by atoms with Gasteiger partial charge in [-0.2, -0.15) is 0 Å². The van der Waals surface area contributed by atoms with E-state index in [0.717, 1.165) is 39.0 Å². The van der Waals surface area contributed by atoms with Gasteiger partial charge in [-0.3, -0.25) is 4.79 Å². The van der Waals surface area contributed by atoms with Crippen molar-refractivity contribution in [3.8, 4) is 11.5 Å². The fourth-order valence-electron chi connectivity index (χ4n) is 4.62. The first-order valence-corrected chi connectivity index (χ1v) is 11.5. The molecule has 0 amide bonds. The second-order valence-electron chi connectivity index (χ2n) is 8.83. The van der Waals surface area contributed by atoms with E-state index in [1.807, 2.05) is 80.8 Å². The second-order valence-corrected chi connectivity index (χ2v) is 8.83. The summed E-state index contributed by atoms with van der Waals surface area (Å²) in [5.74, 6) is 1.18. The van der Waals surface area contributed by atoms with Crippen molar-refractivity contribution in [1.29, 1.82) is 0 Å². The van der Waals surface area contributed by atoms with Crippen LogP contribution in [-0.2, 0) is 0 Å². The van der Waals surface area contributed by atoms with Gasteiger partial charge in [-0.05, 0) is 66.3 Å². The number of rotatable bonds is 9. The molecule has 182 valence electrons. The molecule has 0 spiro atoms. The highest BCUT2D eigenvalue weighted by atomic mass is 35.5. The van der Waals surface area contributed by atoms with Crippen molar-refractivity contribution < 1.29 is 14.3 Å². The Labute approximate surface area is 213 Å². The van der Waals surface area contributed by atoms with E-state index in [9.17, 15) is 4.79 Å². The number of benzene rings is 4. The number of hydrogen-bond donors (Lipinski definition) is 0. The first kappa shape index (κ1) is 26.3. The monoisotopic (exact) mass is 489 g/mol. The van der Waals surface area contributed by atoms with Crippen molar-refractivity contribution in [2.45, 2.75) is 5.92 Å². The number of Topliss-reactive ketones (excluding diaryl/α,β-unsaturated/α-hetero) is 1. The van der Waals surface area contributed by atoms with Crippen LogP contribution >= 0.6 is 12.4 Å². The molecule has 4 nitrogen and oxygen atoms in total. The zero-order valence-corrected chi connectivity index (χ0v) is 21.4. The third-order valence-electron chi connectivity index (χ3n) is 6.24. The van der Waals surface area contributed by atoms with Gasteiger partial charge in [-0.25, -0.2) is 0 Å². The summed E-state index contributed by atoms with van der Waals surface area (Å²) in [6.07, 6.45) is 0. The molecule has 0 aliphatic carbocycles. The van der Waals surface area contributed by atoms with Crippen LogP contribution in [0.4, 0.5) is 0 Å². The van der Waals surface area contributed by atoms with Crippen LogP contribution < -0.4 is 9.47 Å². The Morgan fingerprint density at radius 1 is 0.743 bits per heavy atom. The molecule has 0 saturated carbocycles. The third-order valence-corrected chi connectivity index (χ3v) is 6.24. The topological polar surface area (TPSA) is 38.8 Å². The van der Waals surface area contributed by atoms with E-state index < -0.39 is 0 Å². The van der Waals surface area contributed by atoms with Gasteiger partial charge in [0.15, 0.2) is 5.78 Å².